The Morgan fingerprint density at radius 2 is 1.19 bits per heavy atom. The largest absolute Gasteiger partial charge is 0.512 e. The molecule has 2 amide bonds. The van der Waals surface area contributed by atoms with E-state index >= 15 is 0 Å². The summed E-state index contributed by atoms with van der Waals surface area (Å²) in [6, 6.07) is 10.6. The van der Waals surface area contributed by atoms with Gasteiger partial charge in [0, 0.05) is 140 Å². The van der Waals surface area contributed by atoms with E-state index in [4.69, 9.17) is 0 Å². The van der Waals surface area contributed by atoms with Gasteiger partial charge < -0.3 is 35.7 Å². The quantitative estimate of drug-likeness (QED) is 0.118. The monoisotopic (exact) mass is 1020 g/mol. The molecule has 2 aliphatic heterocycles. The van der Waals surface area contributed by atoms with Gasteiger partial charge in [0.15, 0.2) is 5.82 Å². The van der Waals surface area contributed by atoms with Crippen molar-refractivity contribution in [2.24, 2.45) is 0 Å². The summed E-state index contributed by atoms with van der Waals surface area (Å²) in [7, 11) is 0. The summed E-state index contributed by atoms with van der Waals surface area (Å²) in [5.74, 6) is -2.42. The first-order valence-corrected chi connectivity index (χ1v) is 20.7. The third-order valence-corrected chi connectivity index (χ3v) is 10.9. The number of benzene rings is 2. The van der Waals surface area contributed by atoms with Crippen LogP contribution in [0.5, 0.6) is 11.5 Å². The summed E-state index contributed by atoms with van der Waals surface area (Å²) in [6.07, 6.45) is 0. The zero-order valence-electron chi connectivity index (χ0n) is 35.6. The van der Waals surface area contributed by atoms with E-state index < -0.39 is 17.8 Å². The summed E-state index contributed by atoms with van der Waals surface area (Å²) in [6.45, 7) is 15.8. The Hall–Kier alpha value is -4.37. The fraction of sp³-hybridized carbons (Fsp3) is 0.524. The van der Waals surface area contributed by atoms with Gasteiger partial charge >= 0.3 is 11.9 Å². The van der Waals surface area contributed by atoms with E-state index in [0.717, 1.165) is 5.56 Å². The zero-order chi connectivity index (χ0) is 44.2. The van der Waals surface area contributed by atoms with Crippen molar-refractivity contribution in [2.75, 3.05) is 111 Å². The maximum Gasteiger partial charge on any atom is 0.317 e. The van der Waals surface area contributed by atoms with Gasteiger partial charge in [0.05, 0.1) is 37.5 Å². The number of carbonyl (C=O) groups excluding carboxylic acids is 2. The van der Waals surface area contributed by atoms with E-state index in [-0.39, 0.29) is 104 Å². The van der Waals surface area contributed by atoms with Gasteiger partial charge in [-0.2, -0.15) is 0 Å². The van der Waals surface area contributed by atoms with Crippen molar-refractivity contribution in [2.45, 2.75) is 33.2 Å². The molecule has 0 aliphatic carbocycles. The van der Waals surface area contributed by atoms with Gasteiger partial charge in [0.2, 0.25) is 11.7 Å². The maximum atomic E-state index is 13.7. The second kappa shape index (κ2) is 23.9. The van der Waals surface area contributed by atoms with Gasteiger partial charge in [-0.1, -0.05) is 32.6 Å². The molecule has 2 fully saturated rings. The zero-order valence-corrected chi connectivity index (χ0v) is 37.3. The van der Waals surface area contributed by atoms with Crippen molar-refractivity contribution >= 4 is 23.8 Å². The summed E-state index contributed by atoms with van der Waals surface area (Å²) < 4.78 is 1.59. The van der Waals surface area contributed by atoms with Crippen molar-refractivity contribution < 1.29 is 81.6 Å². The van der Waals surface area contributed by atoms with E-state index in [9.17, 15) is 44.7 Å². The van der Waals surface area contributed by atoms with Crippen LogP contribution >= 0.6 is 0 Å². The summed E-state index contributed by atoms with van der Waals surface area (Å²) in [5.41, 5.74) is 2.55. The standard InChI is InChI=1S/C42H60N10O9.Lu/c1-5-43-42(61)41-45-44-40(34-22-33(29(2)3)35(54)23-36(34)55)52(41)32-8-6-31(7-9-32)25-47-18-20-51(21-19-47)37(56)26-48-12-16-49(27-38(57)58)14-10-46(24-30(4)53)11-15-50(17-13-48)28-39(59)60;/h6-9,22-23,29,53-55H,4-5,10-21,24-28H2,1-3H3,(H,43,61)(H,57,58)(H,59,60);. The van der Waals surface area contributed by atoms with Crippen LogP contribution in [0.25, 0.3) is 17.1 Å². The van der Waals surface area contributed by atoms with E-state index in [1.54, 1.807) is 17.6 Å². The fourth-order valence-corrected chi connectivity index (χ4v) is 7.63. The number of nitrogens with zero attached hydrogens (tertiary/aromatic N) is 9. The number of amides is 2. The first-order chi connectivity index (χ1) is 29.1. The molecule has 0 unspecified atom stereocenters. The molecule has 6 N–H and O–H groups in total. The van der Waals surface area contributed by atoms with Crippen LogP contribution < -0.4 is 5.32 Å². The van der Waals surface area contributed by atoms with Crippen molar-refractivity contribution in [3.05, 3.63) is 65.7 Å². The van der Waals surface area contributed by atoms with Crippen LogP contribution in [-0.4, -0.2) is 205 Å². The number of hydrogen-bond donors (Lipinski definition) is 6. The molecule has 20 heteroatoms. The Bertz CT molecular complexity index is 1970. The summed E-state index contributed by atoms with van der Waals surface area (Å²) in [5, 5.41) is 61.6. The minimum atomic E-state index is -0.962. The number of phenols is 2. The van der Waals surface area contributed by atoms with Crippen LogP contribution in [0, 0.1) is 36.9 Å². The molecule has 3 aromatic rings. The second-order valence-electron chi connectivity index (χ2n) is 15.9. The predicted molar refractivity (Wildman–Crippen MR) is 227 cm³/mol. The van der Waals surface area contributed by atoms with Crippen LogP contribution in [0.4, 0.5) is 0 Å². The molecule has 0 bridgehead atoms. The molecule has 2 aromatic carbocycles. The van der Waals surface area contributed by atoms with Crippen LogP contribution in [0.2, 0.25) is 0 Å². The first-order valence-electron chi connectivity index (χ1n) is 20.7. The third kappa shape index (κ3) is 14.3. The molecule has 0 atom stereocenters. The van der Waals surface area contributed by atoms with Crippen molar-refractivity contribution in [3.8, 4) is 28.6 Å². The number of phenolic OH excluding ortho intramolecular Hbond substituents is 2. The number of aliphatic carboxylic acids is 2. The average molecular weight is 1020 g/mol. The topological polar surface area (TPSA) is 232 Å². The number of aliphatic hydroxyl groups excluding tert-OH is 1. The van der Waals surface area contributed by atoms with Crippen LogP contribution in [-0.2, 0) is 20.9 Å². The van der Waals surface area contributed by atoms with E-state index in [1.165, 1.54) is 6.07 Å². The van der Waals surface area contributed by atoms with Crippen molar-refractivity contribution in [1.29, 1.82) is 0 Å². The smallest absolute Gasteiger partial charge is 0.317 e. The Morgan fingerprint density at radius 1 is 0.694 bits per heavy atom. The molecular formula is C42H60LuN10O9. The molecule has 0 spiro atoms. The Labute approximate surface area is 391 Å². The molecule has 1 aromatic heterocycles. The van der Waals surface area contributed by atoms with Gasteiger partial charge in [-0.15, -0.1) is 10.2 Å². The van der Waals surface area contributed by atoms with Gasteiger partial charge in [-0.25, -0.2) is 0 Å². The minimum absolute atomic E-state index is 0. The molecule has 2 saturated heterocycles. The molecular weight excluding hydrogens is 963 g/mol. The second-order valence-corrected chi connectivity index (χ2v) is 15.9. The predicted octanol–water partition coefficient (Wildman–Crippen LogP) is 1.33. The number of rotatable bonds is 15. The number of carbonyl (C=O) groups is 4. The number of hydrogen-bond acceptors (Lipinski definition) is 14. The van der Waals surface area contributed by atoms with E-state index in [2.05, 4.69) is 27.0 Å². The summed E-state index contributed by atoms with van der Waals surface area (Å²) in [4.78, 5) is 61.8. The molecule has 347 valence electrons. The van der Waals surface area contributed by atoms with Gasteiger partial charge in [-0.3, -0.25) is 48.2 Å². The number of nitrogens with one attached hydrogen (secondary N) is 1. The molecule has 19 nitrogen and oxygen atoms in total. The van der Waals surface area contributed by atoms with E-state index in [1.807, 2.05) is 62.6 Å². The Balaban J connectivity index is 0.00000845. The minimum Gasteiger partial charge on any atom is -0.512 e. The van der Waals surface area contributed by atoms with Gasteiger partial charge in [0.1, 0.15) is 11.5 Å². The molecule has 3 heterocycles. The summed E-state index contributed by atoms with van der Waals surface area (Å²) >= 11 is 0. The number of carboxylic acid groups (broad SMARTS) is 2. The van der Waals surface area contributed by atoms with E-state index in [0.29, 0.717) is 108 Å². The molecule has 5 rings (SSSR count). The average Bonchev–Trinajstić information content (AvgIpc) is 3.64. The fourth-order valence-electron chi connectivity index (χ4n) is 7.63. The van der Waals surface area contributed by atoms with Crippen molar-refractivity contribution in [1.82, 2.24) is 49.5 Å². The Morgan fingerprint density at radius 3 is 1.68 bits per heavy atom. The number of piperazine rings is 1. The number of aromatic nitrogens is 3. The first kappa shape index (κ1) is 50.3. The SMILES string of the molecule is C=C(O)CN1CCN(CC(=O)O)CCN(CC(=O)N2CCN(Cc3ccc(-n4c(C(=O)NCC)nnc4-c4cc(C(C)C)c(O)cc4O)cc3)CC2)CCN(CC(=O)O)CC1.[Lu]. The normalized spacial score (nSPS) is 16.9. The number of aromatic hydroxyl groups is 2. The third-order valence-electron chi connectivity index (χ3n) is 10.9. The van der Waals surface area contributed by atoms with Gasteiger partial charge in [0.25, 0.3) is 5.91 Å². The number of carboxylic acids is 2. The maximum absolute atomic E-state index is 13.7. The number of aliphatic hydroxyl groups is 1. The van der Waals surface area contributed by atoms with Crippen LogP contribution in [0.1, 0.15) is 48.4 Å². The molecule has 0 saturated carbocycles. The van der Waals surface area contributed by atoms with Gasteiger partial charge in [-0.05, 0) is 42.2 Å². The van der Waals surface area contributed by atoms with Crippen LogP contribution in [0.15, 0.2) is 48.7 Å². The Kier molecular flexibility index (Phi) is 19.4. The van der Waals surface area contributed by atoms with Crippen LogP contribution in [0.3, 0.4) is 0 Å². The molecule has 1 radical (unpaired) electrons. The van der Waals surface area contributed by atoms with Crippen molar-refractivity contribution in [3.63, 3.8) is 0 Å². The molecule has 2 aliphatic rings. The molecule has 62 heavy (non-hydrogen) atoms.